The third-order valence-electron chi connectivity index (χ3n) is 2.57. The maximum atomic E-state index is 5.67. The van der Waals surface area contributed by atoms with Crippen LogP contribution in [0, 0.1) is 0 Å². The van der Waals surface area contributed by atoms with Gasteiger partial charge in [-0.25, -0.2) is 0 Å². The van der Waals surface area contributed by atoms with Crippen molar-refractivity contribution in [1.29, 1.82) is 0 Å². The number of fused-ring (bicyclic) bond motifs is 1. The van der Waals surface area contributed by atoms with E-state index in [1.165, 1.54) is 10.9 Å². The van der Waals surface area contributed by atoms with E-state index in [4.69, 9.17) is 5.73 Å². The highest BCUT2D eigenvalue weighted by molar-refractivity contribution is 5.82. The molecule has 1 aromatic carbocycles. The molecule has 0 fully saturated rings. The highest BCUT2D eigenvalue weighted by Gasteiger charge is 2.06. The first kappa shape index (κ1) is 9.16. The van der Waals surface area contributed by atoms with E-state index in [0.717, 1.165) is 5.52 Å². The zero-order valence-corrected chi connectivity index (χ0v) is 8.27. The van der Waals surface area contributed by atoms with E-state index in [1.807, 2.05) is 24.4 Å². The summed E-state index contributed by atoms with van der Waals surface area (Å²) < 4.78 is 0. The average Bonchev–Trinajstić information content (AvgIpc) is 2.27. The van der Waals surface area contributed by atoms with Crippen molar-refractivity contribution in [2.75, 3.05) is 6.54 Å². The lowest BCUT2D eigenvalue weighted by atomic mass is 9.98. The first-order valence-electron chi connectivity index (χ1n) is 4.86. The van der Waals surface area contributed by atoms with Gasteiger partial charge in [0.1, 0.15) is 0 Å². The van der Waals surface area contributed by atoms with Crippen molar-refractivity contribution in [3.8, 4) is 0 Å². The highest BCUT2D eigenvalue weighted by atomic mass is 14.6. The molecule has 14 heavy (non-hydrogen) atoms. The van der Waals surface area contributed by atoms with Crippen molar-refractivity contribution in [1.82, 2.24) is 4.98 Å². The molecular weight excluding hydrogens is 172 g/mol. The maximum Gasteiger partial charge on any atom is 0.0704 e. The SMILES string of the molecule is CC(CN)c1ccnc2ccccc12. The van der Waals surface area contributed by atoms with Crippen LogP contribution in [0.5, 0.6) is 0 Å². The number of hydrogen-bond donors (Lipinski definition) is 1. The van der Waals surface area contributed by atoms with Crippen LogP contribution in [-0.2, 0) is 0 Å². The Bertz CT molecular complexity index is 432. The van der Waals surface area contributed by atoms with Gasteiger partial charge in [0.15, 0.2) is 0 Å². The quantitative estimate of drug-likeness (QED) is 0.781. The van der Waals surface area contributed by atoms with E-state index in [9.17, 15) is 0 Å². The molecule has 0 amide bonds. The van der Waals surface area contributed by atoms with Gasteiger partial charge in [-0.1, -0.05) is 25.1 Å². The molecule has 2 aromatic rings. The van der Waals surface area contributed by atoms with Crippen LogP contribution in [0.2, 0.25) is 0 Å². The lowest BCUT2D eigenvalue weighted by Crippen LogP contribution is -2.09. The summed E-state index contributed by atoms with van der Waals surface area (Å²) in [5.41, 5.74) is 8.01. The molecule has 0 radical (unpaired) electrons. The smallest absolute Gasteiger partial charge is 0.0704 e. The van der Waals surface area contributed by atoms with Gasteiger partial charge in [-0.3, -0.25) is 4.98 Å². The molecule has 1 heterocycles. The van der Waals surface area contributed by atoms with Crippen LogP contribution in [0.25, 0.3) is 10.9 Å². The first-order valence-corrected chi connectivity index (χ1v) is 4.86. The number of benzene rings is 1. The fourth-order valence-corrected chi connectivity index (χ4v) is 1.67. The van der Waals surface area contributed by atoms with Crippen molar-refractivity contribution < 1.29 is 0 Å². The monoisotopic (exact) mass is 186 g/mol. The maximum absolute atomic E-state index is 5.67. The molecule has 0 aliphatic rings. The van der Waals surface area contributed by atoms with E-state index in [2.05, 4.69) is 24.0 Å². The summed E-state index contributed by atoms with van der Waals surface area (Å²) in [6.07, 6.45) is 1.85. The van der Waals surface area contributed by atoms with Crippen LogP contribution in [0.4, 0.5) is 0 Å². The van der Waals surface area contributed by atoms with E-state index in [-0.39, 0.29) is 0 Å². The van der Waals surface area contributed by atoms with E-state index < -0.39 is 0 Å². The number of pyridine rings is 1. The number of hydrogen-bond acceptors (Lipinski definition) is 2. The Balaban J connectivity index is 2.65. The summed E-state index contributed by atoms with van der Waals surface area (Å²) in [4.78, 5) is 4.32. The third kappa shape index (κ3) is 1.49. The van der Waals surface area contributed by atoms with Crippen molar-refractivity contribution >= 4 is 10.9 Å². The molecular formula is C12H14N2. The van der Waals surface area contributed by atoms with Gasteiger partial charge in [-0.05, 0) is 30.2 Å². The van der Waals surface area contributed by atoms with Gasteiger partial charge < -0.3 is 5.73 Å². The molecule has 1 atom stereocenters. The summed E-state index contributed by atoms with van der Waals surface area (Å²) in [6.45, 7) is 2.82. The molecule has 2 nitrogen and oxygen atoms in total. The van der Waals surface area contributed by atoms with E-state index in [0.29, 0.717) is 12.5 Å². The van der Waals surface area contributed by atoms with Crippen molar-refractivity contribution in [3.63, 3.8) is 0 Å². The molecule has 0 saturated carbocycles. The number of nitrogens with two attached hydrogens (primary N) is 1. The molecule has 1 unspecified atom stereocenters. The van der Waals surface area contributed by atoms with E-state index >= 15 is 0 Å². The van der Waals surface area contributed by atoms with Crippen LogP contribution < -0.4 is 5.73 Å². The van der Waals surface area contributed by atoms with Crippen molar-refractivity contribution in [2.24, 2.45) is 5.73 Å². The molecule has 72 valence electrons. The topological polar surface area (TPSA) is 38.9 Å². The first-order chi connectivity index (χ1) is 6.83. The second kappa shape index (κ2) is 3.76. The summed E-state index contributed by atoms with van der Waals surface area (Å²) in [6, 6.07) is 10.2. The Kier molecular flexibility index (Phi) is 2.46. The third-order valence-corrected chi connectivity index (χ3v) is 2.57. The molecule has 2 rings (SSSR count). The Morgan fingerprint density at radius 1 is 1.29 bits per heavy atom. The van der Waals surface area contributed by atoms with Gasteiger partial charge in [0.2, 0.25) is 0 Å². The second-order valence-electron chi connectivity index (χ2n) is 3.55. The minimum absolute atomic E-state index is 0.392. The summed E-state index contributed by atoms with van der Waals surface area (Å²) >= 11 is 0. The Hall–Kier alpha value is -1.41. The minimum Gasteiger partial charge on any atom is -0.330 e. The Morgan fingerprint density at radius 3 is 2.86 bits per heavy atom. The lowest BCUT2D eigenvalue weighted by Gasteiger charge is -2.11. The molecule has 2 N–H and O–H groups in total. The predicted molar refractivity (Wildman–Crippen MR) is 59.2 cm³/mol. The van der Waals surface area contributed by atoms with Crippen molar-refractivity contribution in [3.05, 3.63) is 42.1 Å². The van der Waals surface area contributed by atoms with Crippen LogP contribution >= 0.6 is 0 Å². The average molecular weight is 186 g/mol. The normalized spacial score (nSPS) is 13.0. The highest BCUT2D eigenvalue weighted by Crippen LogP contribution is 2.22. The fraction of sp³-hybridized carbons (Fsp3) is 0.250. The summed E-state index contributed by atoms with van der Waals surface area (Å²) in [5.74, 6) is 0.392. The molecule has 0 aliphatic carbocycles. The van der Waals surface area contributed by atoms with Crippen LogP contribution in [0.1, 0.15) is 18.4 Å². The molecule has 0 aliphatic heterocycles. The van der Waals surface area contributed by atoms with Crippen molar-refractivity contribution in [2.45, 2.75) is 12.8 Å². The molecule has 0 saturated heterocycles. The molecule has 0 spiro atoms. The Morgan fingerprint density at radius 2 is 2.07 bits per heavy atom. The van der Waals surface area contributed by atoms with Gasteiger partial charge in [0.05, 0.1) is 5.52 Å². The van der Waals surface area contributed by atoms with Crippen LogP contribution in [0.15, 0.2) is 36.5 Å². The van der Waals surface area contributed by atoms with Gasteiger partial charge >= 0.3 is 0 Å². The lowest BCUT2D eigenvalue weighted by molar-refractivity contribution is 0.780. The van der Waals surface area contributed by atoms with Gasteiger partial charge in [-0.15, -0.1) is 0 Å². The number of rotatable bonds is 2. The van der Waals surface area contributed by atoms with Gasteiger partial charge in [-0.2, -0.15) is 0 Å². The predicted octanol–water partition coefficient (Wildman–Crippen LogP) is 2.30. The van der Waals surface area contributed by atoms with Gasteiger partial charge in [0, 0.05) is 11.6 Å². The number of aromatic nitrogens is 1. The molecule has 0 bridgehead atoms. The fourth-order valence-electron chi connectivity index (χ4n) is 1.67. The standard InChI is InChI=1S/C12H14N2/c1-9(8-13)10-6-7-14-12-5-3-2-4-11(10)12/h2-7,9H,8,13H2,1H3. The van der Waals surface area contributed by atoms with Gasteiger partial charge in [0.25, 0.3) is 0 Å². The summed E-state index contributed by atoms with van der Waals surface area (Å²) in [5, 5.41) is 1.22. The zero-order chi connectivity index (χ0) is 9.97. The summed E-state index contributed by atoms with van der Waals surface area (Å²) in [7, 11) is 0. The second-order valence-corrected chi connectivity index (χ2v) is 3.55. The largest absolute Gasteiger partial charge is 0.330 e. The van der Waals surface area contributed by atoms with Crippen LogP contribution in [-0.4, -0.2) is 11.5 Å². The zero-order valence-electron chi connectivity index (χ0n) is 8.27. The minimum atomic E-state index is 0.392. The Labute approximate surface area is 83.8 Å². The molecule has 1 aromatic heterocycles. The molecule has 2 heteroatoms. The number of nitrogens with zero attached hydrogens (tertiary/aromatic N) is 1. The van der Waals surface area contributed by atoms with E-state index in [1.54, 1.807) is 0 Å². The van der Waals surface area contributed by atoms with Crippen LogP contribution in [0.3, 0.4) is 0 Å². The number of para-hydroxylation sites is 1.